The maximum atomic E-state index is 13.1. The molecule has 186 valence electrons. The van der Waals surface area contributed by atoms with Crippen molar-refractivity contribution in [2.45, 2.75) is 25.4 Å². The van der Waals surface area contributed by atoms with E-state index in [1.807, 2.05) is 60.3 Å². The number of nitrogens with zero attached hydrogens (tertiary/aromatic N) is 4. The van der Waals surface area contributed by atoms with Crippen LogP contribution in [0, 0.1) is 0 Å². The molecule has 1 N–H and O–H groups in total. The molecule has 1 aliphatic rings. The van der Waals surface area contributed by atoms with Gasteiger partial charge in [-0.2, -0.15) is 0 Å². The first-order valence-electron chi connectivity index (χ1n) is 12.4. The first kappa shape index (κ1) is 23.9. The van der Waals surface area contributed by atoms with Gasteiger partial charge < -0.3 is 24.3 Å². The van der Waals surface area contributed by atoms with Crippen molar-refractivity contribution in [2.75, 3.05) is 44.5 Å². The van der Waals surface area contributed by atoms with Gasteiger partial charge in [-0.3, -0.25) is 0 Å². The Morgan fingerprint density at radius 2 is 1.94 bits per heavy atom. The maximum absolute atomic E-state index is 13.1. The standard InChI is InChI=1S/C29H33N5O2/c1-32(2)25-14-12-24(13-15-25)30-29(35)33-16-7-10-23(19-33)28-31-27(26-11-4-5-17-34(26)28)22-9-6-8-21(18-22)20-36-3/h4-6,8-9,11-15,17-18,23H,7,10,16,19-20H2,1-3H3,(H,30,35)/t23-/m1/s1. The fourth-order valence-electron chi connectivity index (χ4n) is 4.95. The summed E-state index contributed by atoms with van der Waals surface area (Å²) in [7, 11) is 5.71. The summed E-state index contributed by atoms with van der Waals surface area (Å²) in [6, 6.07) is 22.4. The molecule has 0 unspecified atom stereocenters. The Balaban J connectivity index is 1.38. The van der Waals surface area contributed by atoms with Gasteiger partial charge in [0.25, 0.3) is 0 Å². The molecule has 4 aromatic rings. The van der Waals surface area contributed by atoms with Crippen molar-refractivity contribution in [3.63, 3.8) is 0 Å². The van der Waals surface area contributed by atoms with Gasteiger partial charge in [0.05, 0.1) is 17.8 Å². The predicted octanol–water partition coefficient (Wildman–Crippen LogP) is 5.63. The van der Waals surface area contributed by atoms with Gasteiger partial charge in [-0.15, -0.1) is 0 Å². The Labute approximate surface area is 212 Å². The molecule has 1 saturated heterocycles. The van der Waals surface area contributed by atoms with Gasteiger partial charge in [0, 0.05) is 63.3 Å². The van der Waals surface area contributed by atoms with Crippen molar-refractivity contribution in [3.8, 4) is 11.3 Å². The van der Waals surface area contributed by atoms with E-state index < -0.39 is 0 Å². The number of carbonyl (C=O) groups excluding carboxylic acids is 1. The summed E-state index contributed by atoms with van der Waals surface area (Å²) < 4.78 is 7.51. The first-order chi connectivity index (χ1) is 17.5. The fourth-order valence-corrected chi connectivity index (χ4v) is 4.95. The zero-order chi connectivity index (χ0) is 25.1. The summed E-state index contributed by atoms with van der Waals surface area (Å²) in [5.74, 6) is 1.16. The minimum atomic E-state index is -0.0642. The number of imidazole rings is 1. The summed E-state index contributed by atoms with van der Waals surface area (Å²) in [6.07, 6.45) is 4.02. The number of rotatable bonds is 6. The lowest BCUT2D eigenvalue weighted by atomic mass is 9.97. The number of methoxy groups -OCH3 is 1. The zero-order valence-electron chi connectivity index (χ0n) is 21.1. The number of piperidine rings is 1. The highest BCUT2D eigenvalue weighted by Gasteiger charge is 2.28. The molecule has 0 radical (unpaired) electrons. The van der Waals surface area contributed by atoms with Crippen LogP contribution < -0.4 is 10.2 Å². The summed E-state index contributed by atoms with van der Waals surface area (Å²) in [4.78, 5) is 22.2. The second-order valence-electron chi connectivity index (χ2n) is 9.56. The average Bonchev–Trinajstić information content (AvgIpc) is 3.29. The number of fused-ring (bicyclic) bond motifs is 1. The molecule has 2 aromatic carbocycles. The molecule has 0 saturated carbocycles. The topological polar surface area (TPSA) is 62.1 Å². The zero-order valence-corrected chi connectivity index (χ0v) is 21.1. The van der Waals surface area contributed by atoms with Gasteiger partial charge in [0.15, 0.2) is 0 Å². The second-order valence-corrected chi connectivity index (χ2v) is 9.56. The molecule has 5 rings (SSSR count). The van der Waals surface area contributed by atoms with Crippen molar-refractivity contribution in [1.29, 1.82) is 0 Å². The average molecular weight is 484 g/mol. The number of hydrogen-bond acceptors (Lipinski definition) is 4. The molecule has 1 fully saturated rings. The van der Waals surface area contributed by atoms with E-state index in [0.717, 1.165) is 58.9 Å². The molecule has 3 heterocycles. The van der Waals surface area contributed by atoms with Crippen molar-refractivity contribution in [1.82, 2.24) is 14.3 Å². The molecule has 7 nitrogen and oxygen atoms in total. The van der Waals surface area contributed by atoms with E-state index in [0.29, 0.717) is 13.2 Å². The Morgan fingerprint density at radius 1 is 1.11 bits per heavy atom. The monoisotopic (exact) mass is 483 g/mol. The van der Waals surface area contributed by atoms with Crippen molar-refractivity contribution in [3.05, 3.63) is 84.3 Å². The highest BCUT2D eigenvalue weighted by atomic mass is 16.5. The van der Waals surface area contributed by atoms with E-state index in [9.17, 15) is 4.79 Å². The van der Waals surface area contributed by atoms with E-state index >= 15 is 0 Å². The van der Waals surface area contributed by atoms with Crippen molar-refractivity contribution >= 4 is 22.9 Å². The third-order valence-corrected chi connectivity index (χ3v) is 6.80. The number of carbonyl (C=O) groups is 1. The number of likely N-dealkylation sites (tertiary alicyclic amines) is 1. The molecule has 7 heteroatoms. The van der Waals surface area contributed by atoms with Crippen LogP contribution in [0.4, 0.5) is 16.2 Å². The summed E-state index contributed by atoms with van der Waals surface area (Å²) in [5.41, 5.74) is 6.13. The molecule has 1 aliphatic heterocycles. The Bertz CT molecular complexity index is 1350. The molecule has 2 aromatic heterocycles. The lowest BCUT2D eigenvalue weighted by Crippen LogP contribution is -2.42. The number of benzene rings is 2. The number of nitrogens with one attached hydrogen (secondary N) is 1. The van der Waals surface area contributed by atoms with Gasteiger partial charge in [-0.1, -0.05) is 24.3 Å². The molecule has 0 bridgehead atoms. The molecular formula is C29H33N5O2. The summed E-state index contributed by atoms with van der Waals surface area (Å²) in [5, 5.41) is 3.07. The quantitative estimate of drug-likeness (QED) is 0.386. The fraction of sp³-hybridized carbons (Fsp3) is 0.310. The highest BCUT2D eigenvalue weighted by Crippen LogP contribution is 2.32. The molecule has 1 atom stereocenters. The molecular weight excluding hydrogens is 450 g/mol. The van der Waals surface area contributed by atoms with Crippen LogP contribution in [0.5, 0.6) is 0 Å². The lowest BCUT2D eigenvalue weighted by molar-refractivity contribution is 0.185. The Kier molecular flexibility index (Phi) is 6.91. The minimum absolute atomic E-state index is 0.0642. The molecule has 0 spiro atoms. The molecule has 0 aliphatic carbocycles. The third kappa shape index (κ3) is 4.93. The van der Waals surface area contributed by atoms with E-state index in [2.05, 4.69) is 46.2 Å². The van der Waals surface area contributed by atoms with Gasteiger partial charge >= 0.3 is 6.03 Å². The molecule has 36 heavy (non-hydrogen) atoms. The van der Waals surface area contributed by atoms with Crippen LogP contribution in [0.3, 0.4) is 0 Å². The Morgan fingerprint density at radius 3 is 2.72 bits per heavy atom. The van der Waals surface area contributed by atoms with Crippen molar-refractivity contribution in [2.24, 2.45) is 0 Å². The van der Waals surface area contributed by atoms with E-state index in [1.54, 1.807) is 7.11 Å². The van der Waals surface area contributed by atoms with E-state index in [4.69, 9.17) is 9.72 Å². The number of amides is 2. The largest absolute Gasteiger partial charge is 0.380 e. The summed E-state index contributed by atoms with van der Waals surface area (Å²) >= 11 is 0. The lowest BCUT2D eigenvalue weighted by Gasteiger charge is -2.32. The van der Waals surface area contributed by atoms with Gasteiger partial charge in [0.2, 0.25) is 0 Å². The van der Waals surface area contributed by atoms with E-state index in [1.165, 1.54) is 0 Å². The van der Waals surface area contributed by atoms with Crippen LogP contribution in [-0.4, -0.2) is 54.6 Å². The number of urea groups is 1. The number of ether oxygens (including phenoxy) is 1. The smallest absolute Gasteiger partial charge is 0.321 e. The Hall–Kier alpha value is -3.84. The maximum Gasteiger partial charge on any atom is 0.321 e. The number of hydrogen-bond donors (Lipinski definition) is 1. The number of aromatic nitrogens is 2. The van der Waals surface area contributed by atoms with Crippen LogP contribution in [0.25, 0.3) is 16.8 Å². The normalized spacial score (nSPS) is 15.8. The summed E-state index contributed by atoms with van der Waals surface area (Å²) in [6.45, 7) is 1.95. The van der Waals surface area contributed by atoms with Crippen LogP contribution in [0.2, 0.25) is 0 Å². The molecule has 2 amide bonds. The first-order valence-corrected chi connectivity index (χ1v) is 12.4. The number of pyridine rings is 1. The van der Waals surface area contributed by atoms with Gasteiger partial charge in [0.1, 0.15) is 5.82 Å². The highest BCUT2D eigenvalue weighted by molar-refractivity contribution is 5.89. The van der Waals surface area contributed by atoms with Gasteiger partial charge in [-0.25, -0.2) is 9.78 Å². The van der Waals surface area contributed by atoms with Crippen LogP contribution in [0.1, 0.15) is 30.1 Å². The van der Waals surface area contributed by atoms with Crippen LogP contribution in [0.15, 0.2) is 72.9 Å². The number of anilines is 2. The predicted molar refractivity (Wildman–Crippen MR) is 145 cm³/mol. The van der Waals surface area contributed by atoms with Crippen LogP contribution in [-0.2, 0) is 11.3 Å². The minimum Gasteiger partial charge on any atom is -0.380 e. The second kappa shape index (κ2) is 10.4. The van der Waals surface area contributed by atoms with Crippen LogP contribution >= 0.6 is 0 Å². The van der Waals surface area contributed by atoms with E-state index in [-0.39, 0.29) is 11.9 Å². The third-order valence-electron chi connectivity index (χ3n) is 6.80. The SMILES string of the molecule is COCc1cccc(-c2nc([C@@H]3CCCN(C(=O)Nc4ccc(N(C)C)cc4)C3)n3ccccc23)c1. The van der Waals surface area contributed by atoms with Gasteiger partial charge in [-0.05, 0) is 60.9 Å². The van der Waals surface area contributed by atoms with Crippen molar-refractivity contribution < 1.29 is 9.53 Å².